The molecule has 0 spiro atoms. The molecule has 0 N–H and O–H groups in total. The van der Waals surface area contributed by atoms with Crippen LogP contribution in [0.1, 0.15) is 17.5 Å². The summed E-state index contributed by atoms with van der Waals surface area (Å²) in [6, 6.07) is 12.8. The summed E-state index contributed by atoms with van der Waals surface area (Å²) in [6.07, 6.45) is 5.91. The molecular weight excluding hydrogens is 322 g/mol. The minimum Gasteiger partial charge on any atom is -0.294 e. The molecule has 0 aliphatic rings. The molecular formula is C18H17N3O4. The molecule has 0 saturated heterocycles. The van der Waals surface area contributed by atoms with Crippen LogP contribution in [0.25, 0.3) is 0 Å². The van der Waals surface area contributed by atoms with Gasteiger partial charge in [0.25, 0.3) is 11.4 Å². The molecule has 0 unspecified atom stereocenters. The van der Waals surface area contributed by atoms with Gasteiger partial charge in [-0.1, -0.05) is 24.3 Å². The SMILES string of the molecule is C#CCCN(Cc1ccc([N+](=O)[O-])cc1)Cc1ccc([N+](=O)[O-])cc1. The number of nitro groups is 2. The third-order valence-electron chi connectivity index (χ3n) is 3.68. The van der Waals surface area contributed by atoms with Gasteiger partial charge in [-0.25, -0.2) is 0 Å². The van der Waals surface area contributed by atoms with Crippen molar-refractivity contribution in [2.45, 2.75) is 19.5 Å². The Hall–Kier alpha value is -3.24. The highest BCUT2D eigenvalue weighted by Crippen LogP contribution is 2.17. The second-order valence-corrected chi connectivity index (χ2v) is 5.51. The van der Waals surface area contributed by atoms with Crippen molar-refractivity contribution in [1.82, 2.24) is 4.90 Å². The highest BCUT2D eigenvalue weighted by atomic mass is 16.6. The molecule has 0 aromatic heterocycles. The molecule has 0 heterocycles. The zero-order chi connectivity index (χ0) is 18.2. The lowest BCUT2D eigenvalue weighted by Gasteiger charge is -2.21. The Morgan fingerprint density at radius 1 is 0.840 bits per heavy atom. The summed E-state index contributed by atoms with van der Waals surface area (Å²) in [7, 11) is 0. The van der Waals surface area contributed by atoms with Gasteiger partial charge in [0.2, 0.25) is 0 Å². The van der Waals surface area contributed by atoms with Crippen LogP contribution in [-0.4, -0.2) is 21.3 Å². The second kappa shape index (κ2) is 8.57. The summed E-state index contributed by atoms with van der Waals surface area (Å²) in [5, 5.41) is 21.4. The standard InChI is InChI=1S/C18H17N3O4/c1-2-3-12-19(13-15-4-8-17(9-5-15)20(22)23)14-16-6-10-18(11-7-16)21(24)25/h1,4-11H,3,12-14H2. The van der Waals surface area contributed by atoms with Gasteiger partial charge in [-0.15, -0.1) is 12.3 Å². The van der Waals surface area contributed by atoms with Crippen LogP contribution in [0.4, 0.5) is 11.4 Å². The van der Waals surface area contributed by atoms with E-state index in [1.54, 1.807) is 24.3 Å². The maximum absolute atomic E-state index is 10.7. The van der Waals surface area contributed by atoms with Crippen LogP contribution in [0.3, 0.4) is 0 Å². The zero-order valence-electron chi connectivity index (χ0n) is 13.5. The van der Waals surface area contributed by atoms with Crippen molar-refractivity contribution in [2.24, 2.45) is 0 Å². The van der Waals surface area contributed by atoms with E-state index in [-0.39, 0.29) is 11.4 Å². The maximum Gasteiger partial charge on any atom is 0.269 e. The lowest BCUT2D eigenvalue weighted by atomic mass is 10.1. The number of rotatable bonds is 8. The van der Waals surface area contributed by atoms with Crippen molar-refractivity contribution in [3.63, 3.8) is 0 Å². The summed E-state index contributed by atoms with van der Waals surface area (Å²) in [5.74, 6) is 2.60. The fourth-order valence-electron chi connectivity index (χ4n) is 2.40. The third-order valence-corrected chi connectivity index (χ3v) is 3.68. The van der Waals surface area contributed by atoms with E-state index in [2.05, 4.69) is 10.8 Å². The Balaban J connectivity index is 2.08. The van der Waals surface area contributed by atoms with Crippen LogP contribution >= 0.6 is 0 Å². The molecule has 0 atom stereocenters. The van der Waals surface area contributed by atoms with E-state index in [1.165, 1.54) is 24.3 Å². The Kier molecular flexibility index (Phi) is 6.20. The molecule has 0 aliphatic carbocycles. The van der Waals surface area contributed by atoms with E-state index in [0.717, 1.165) is 11.1 Å². The Labute approximate surface area is 145 Å². The summed E-state index contributed by atoms with van der Waals surface area (Å²) < 4.78 is 0. The summed E-state index contributed by atoms with van der Waals surface area (Å²) in [5.41, 5.74) is 1.97. The fraction of sp³-hybridized carbons (Fsp3) is 0.222. The summed E-state index contributed by atoms with van der Waals surface area (Å²) in [4.78, 5) is 22.7. The lowest BCUT2D eigenvalue weighted by Crippen LogP contribution is -2.23. The molecule has 25 heavy (non-hydrogen) atoms. The van der Waals surface area contributed by atoms with Crippen LogP contribution in [-0.2, 0) is 13.1 Å². The number of hydrogen-bond acceptors (Lipinski definition) is 5. The fourth-order valence-corrected chi connectivity index (χ4v) is 2.40. The van der Waals surface area contributed by atoms with Gasteiger partial charge in [0.1, 0.15) is 0 Å². The minimum atomic E-state index is -0.434. The van der Waals surface area contributed by atoms with E-state index in [9.17, 15) is 20.2 Å². The predicted octanol–water partition coefficient (Wildman–Crippen LogP) is 3.53. The van der Waals surface area contributed by atoms with Crippen LogP contribution in [0.5, 0.6) is 0 Å². The van der Waals surface area contributed by atoms with Crippen molar-refractivity contribution < 1.29 is 9.85 Å². The van der Waals surface area contributed by atoms with Crippen molar-refractivity contribution in [1.29, 1.82) is 0 Å². The molecule has 0 saturated carbocycles. The monoisotopic (exact) mass is 339 g/mol. The first-order valence-electron chi connectivity index (χ1n) is 7.62. The molecule has 0 amide bonds. The highest BCUT2D eigenvalue weighted by molar-refractivity contribution is 5.34. The van der Waals surface area contributed by atoms with Gasteiger partial charge in [-0.05, 0) is 11.1 Å². The third kappa shape index (κ3) is 5.41. The Morgan fingerprint density at radius 3 is 1.56 bits per heavy atom. The molecule has 0 fully saturated rings. The van der Waals surface area contributed by atoms with Gasteiger partial charge in [0.15, 0.2) is 0 Å². The average Bonchev–Trinajstić information content (AvgIpc) is 2.60. The number of nitro benzene ring substituents is 2. The lowest BCUT2D eigenvalue weighted by molar-refractivity contribution is -0.385. The quantitative estimate of drug-likeness (QED) is 0.417. The Morgan fingerprint density at radius 2 is 1.24 bits per heavy atom. The van der Waals surface area contributed by atoms with Gasteiger partial charge < -0.3 is 0 Å². The smallest absolute Gasteiger partial charge is 0.269 e. The van der Waals surface area contributed by atoms with Gasteiger partial charge in [-0.2, -0.15) is 0 Å². The summed E-state index contributed by atoms with van der Waals surface area (Å²) in [6.45, 7) is 1.82. The molecule has 2 rings (SSSR count). The van der Waals surface area contributed by atoms with Crippen molar-refractivity contribution in [3.8, 4) is 12.3 Å². The second-order valence-electron chi connectivity index (χ2n) is 5.51. The molecule has 7 heteroatoms. The topological polar surface area (TPSA) is 89.5 Å². The molecule has 0 radical (unpaired) electrons. The van der Waals surface area contributed by atoms with E-state index < -0.39 is 9.85 Å². The highest BCUT2D eigenvalue weighted by Gasteiger charge is 2.10. The van der Waals surface area contributed by atoms with Gasteiger partial charge in [0.05, 0.1) is 9.85 Å². The van der Waals surface area contributed by atoms with Crippen LogP contribution < -0.4 is 0 Å². The largest absolute Gasteiger partial charge is 0.294 e. The first kappa shape index (κ1) is 18.1. The number of non-ortho nitro benzene ring substituents is 2. The Bertz CT molecular complexity index is 720. The van der Waals surface area contributed by atoms with Crippen LogP contribution in [0, 0.1) is 32.6 Å². The molecule has 128 valence electrons. The number of terminal acetylenes is 1. The first-order chi connectivity index (χ1) is 12.0. The van der Waals surface area contributed by atoms with Crippen LogP contribution in [0.2, 0.25) is 0 Å². The van der Waals surface area contributed by atoms with Gasteiger partial charge in [0, 0.05) is 50.3 Å². The normalized spacial score (nSPS) is 10.4. The predicted molar refractivity (Wildman–Crippen MR) is 93.8 cm³/mol. The van der Waals surface area contributed by atoms with Crippen LogP contribution in [0.15, 0.2) is 48.5 Å². The van der Waals surface area contributed by atoms with Crippen molar-refractivity contribution in [3.05, 3.63) is 79.9 Å². The van der Waals surface area contributed by atoms with Gasteiger partial charge >= 0.3 is 0 Å². The maximum atomic E-state index is 10.7. The van der Waals surface area contributed by atoms with Gasteiger partial charge in [-0.3, -0.25) is 25.1 Å². The van der Waals surface area contributed by atoms with Crippen molar-refractivity contribution in [2.75, 3.05) is 6.54 Å². The van der Waals surface area contributed by atoms with E-state index in [1.807, 2.05) is 0 Å². The molecule has 2 aromatic rings. The van der Waals surface area contributed by atoms with E-state index in [0.29, 0.717) is 26.1 Å². The average molecular weight is 339 g/mol. The number of nitrogens with zero attached hydrogens (tertiary/aromatic N) is 3. The summed E-state index contributed by atoms with van der Waals surface area (Å²) >= 11 is 0. The molecule has 0 aliphatic heterocycles. The molecule has 0 bridgehead atoms. The van der Waals surface area contributed by atoms with E-state index in [4.69, 9.17) is 6.42 Å². The van der Waals surface area contributed by atoms with E-state index >= 15 is 0 Å². The number of benzene rings is 2. The number of hydrogen-bond donors (Lipinski definition) is 0. The van der Waals surface area contributed by atoms with Crippen molar-refractivity contribution >= 4 is 11.4 Å². The molecule has 2 aromatic carbocycles. The zero-order valence-corrected chi connectivity index (χ0v) is 13.5. The minimum absolute atomic E-state index is 0.0503. The first-order valence-corrected chi connectivity index (χ1v) is 7.62. The molecule has 7 nitrogen and oxygen atoms in total.